The topological polar surface area (TPSA) is 94.4 Å². The van der Waals surface area contributed by atoms with Crippen LogP contribution in [0.1, 0.15) is 10.4 Å². The number of anilines is 4. The molecule has 8 heteroatoms. The van der Waals surface area contributed by atoms with Crippen LogP contribution in [0.5, 0.6) is 0 Å². The third kappa shape index (κ3) is 5.74. The summed E-state index contributed by atoms with van der Waals surface area (Å²) in [6, 6.07) is 28.5. The van der Waals surface area contributed by atoms with Gasteiger partial charge in [0, 0.05) is 47.5 Å². The average molecular weight is 491 g/mol. The molecule has 1 N–H and O–H groups in total. The van der Waals surface area contributed by atoms with Gasteiger partial charge in [0.25, 0.3) is 5.91 Å². The van der Waals surface area contributed by atoms with E-state index in [4.69, 9.17) is 4.74 Å². The molecule has 8 nitrogen and oxygen atoms in total. The first-order valence-electron chi connectivity index (χ1n) is 12.1. The van der Waals surface area contributed by atoms with Crippen LogP contribution < -0.4 is 15.1 Å². The average Bonchev–Trinajstić information content (AvgIpc) is 2.97. The van der Waals surface area contributed by atoms with Crippen LogP contribution >= 0.6 is 0 Å². The first-order valence-corrected chi connectivity index (χ1v) is 12.1. The lowest BCUT2D eigenvalue weighted by atomic mass is 10.1. The fraction of sp³-hybridized carbons (Fsp3) is 0.172. The quantitative estimate of drug-likeness (QED) is 0.369. The molecule has 5 rings (SSSR count). The molecule has 1 aromatic heterocycles. The van der Waals surface area contributed by atoms with Crippen LogP contribution in [0.2, 0.25) is 0 Å². The fourth-order valence-corrected chi connectivity index (χ4v) is 4.18. The highest BCUT2D eigenvalue weighted by Crippen LogP contribution is 2.24. The van der Waals surface area contributed by atoms with E-state index in [0.717, 1.165) is 43.2 Å². The van der Waals surface area contributed by atoms with E-state index >= 15 is 0 Å². The SMILES string of the molecule is N#CCN(C(=O)c1ccc(-c2ccnc(Nc3ccc(N4CCOCC4)cc3)n2)cc1)c1ccccc1. The standard InChI is InChI=1S/C29H26N6O2/c30-15-17-35(26-4-2-1-3-5-26)28(36)23-8-6-22(7-9-23)27-14-16-31-29(33-27)32-24-10-12-25(13-11-24)34-18-20-37-21-19-34/h1-14,16H,17-21H2,(H,31,32,33). The summed E-state index contributed by atoms with van der Waals surface area (Å²) in [7, 11) is 0. The zero-order valence-electron chi connectivity index (χ0n) is 20.2. The van der Waals surface area contributed by atoms with Crippen molar-refractivity contribution in [1.82, 2.24) is 9.97 Å². The molecular weight excluding hydrogens is 464 g/mol. The van der Waals surface area contributed by atoms with Gasteiger partial charge in [-0.3, -0.25) is 9.69 Å². The van der Waals surface area contributed by atoms with Gasteiger partial charge in [0.2, 0.25) is 5.95 Å². The maximum absolute atomic E-state index is 13.1. The number of morpholine rings is 1. The number of rotatable bonds is 7. The molecule has 0 aliphatic carbocycles. The van der Waals surface area contributed by atoms with Gasteiger partial charge in [-0.1, -0.05) is 30.3 Å². The summed E-state index contributed by atoms with van der Waals surface area (Å²) in [5, 5.41) is 12.5. The van der Waals surface area contributed by atoms with Crippen LogP contribution in [0.15, 0.2) is 91.1 Å². The van der Waals surface area contributed by atoms with Crippen LogP contribution in [-0.4, -0.2) is 48.7 Å². The van der Waals surface area contributed by atoms with E-state index in [1.54, 1.807) is 18.3 Å². The van der Waals surface area contributed by atoms with E-state index in [2.05, 4.69) is 38.4 Å². The second-order valence-corrected chi connectivity index (χ2v) is 8.50. The van der Waals surface area contributed by atoms with Crippen LogP contribution in [0.3, 0.4) is 0 Å². The lowest BCUT2D eigenvalue weighted by Gasteiger charge is -2.28. The molecule has 1 saturated heterocycles. The van der Waals surface area contributed by atoms with Crippen molar-refractivity contribution < 1.29 is 9.53 Å². The fourth-order valence-electron chi connectivity index (χ4n) is 4.18. The molecule has 1 amide bonds. The van der Waals surface area contributed by atoms with Gasteiger partial charge in [-0.15, -0.1) is 0 Å². The molecule has 1 fully saturated rings. The first kappa shape index (κ1) is 24.0. The van der Waals surface area contributed by atoms with Gasteiger partial charge < -0.3 is 15.0 Å². The maximum atomic E-state index is 13.1. The van der Waals surface area contributed by atoms with E-state index in [1.807, 2.05) is 60.7 Å². The van der Waals surface area contributed by atoms with Crippen molar-refractivity contribution in [1.29, 1.82) is 5.26 Å². The summed E-state index contributed by atoms with van der Waals surface area (Å²) in [5.41, 5.74) is 4.83. The zero-order valence-corrected chi connectivity index (χ0v) is 20.2. The van der Waals surface area contributed by atoms with E-state index in [0.29, 0.717) is 17.2 Å². The molecule has 3 aromatic carbocycles. The first-order chi connectivity index (χ1) is 18.2. The Labute approximate surface area is 215 Å². The highest BCUT2D eigenvalue weighted by atomic mass is 16.5. The number of hydrogen-bond acceptors (Lipinski definition) is 7. The van der Waals surface area contributed by atoms with Gasteiger partial charge in [0.05, 0.1) is 25.0 Å². The number of ether oxygens (including phenoxy) is 1. The molecule has 0 radical (unpaired) electrons. The summed E-state index contributed by atoms with van der Waals surface area (Å²) in [4.78, 5) is 25.9. The summed E-state index contributed by atoms with van der Waals surface area (Å²) >= 11 is 0. The third-order valence-electron chi connectivity index (χ3n) is 6.12. The molecule has 0 saturated carbocycles. The number of benzene rings is 3. The molecule has 1 aliphatic heterocycles. The summed E-state index contributed by atoms with van der Waals surface area (Å²) < 4.78 is 5.43. The van der Waals surface area contributed by atoms with Crippen molar-refractivity contribution in [3.05, 3.63) is 96.7 Å². The number of aromatic nitrogens is 2. The van der Waals surface area contributed by atoms with Crippen molar-refractivity contribution in [2.24, 2.45) is 0 Å². The lowest BCUT2D eigenvalue weighted by Crippen LogP contribution is -2.36. The number of hydrogen-bond donors (Lipinski definition) is 1. The summed E-state index contributed by atoms with van der Waals surface area (Å²) in [6.45, 7) is 3.26. The third-order valence-corrected chi connectivity index (χ3v) is 6.12. The van der Waals surface area contributed by atoms with Gasteiger partial charge in [-0.05, 0) is 54.6 Å². The van der Waals surface area contributed by atoms with Crippen molar-refractivity contribution in [3.8, 4) is 17.3 Å². The Morgan fingerprint density at radius 3 is 2.41 bits per heavy atom. The van der Waals surface area contributed by atoms with Gasteiger partial charge in [-0.25, -0.2) is 9.97 Å². The van der Waals surface area contributed by atoms with Crippen LogP contribution in [0.25, 0.3) is 11.3 Å². The minimum absolute atomic E-state index is 0.0288. The van der Waals surface area contributed by atoms with Gasteiger partial charge in [0.15, 0.2) is 0 Å². The van der Waals surface area contributed by atoms with Crippen LogP contribution in [-0.2, 0) is 4.74 Å². The zero-order chi connectivity index (χ0) is 25.5. The largest absolute Gasteiger partial charge is 0.378 e. The number of amides is 1. The number of carbonyl (C=O) groups excluding carboxylic acids is 1. The molecule has 0 spiro atoms. The highest BCUT2D eigenvalue weighted by Gasteiger charge is 2.17. The highest BCUT2D eigenvalue weighted by molar-refractivity contribution is 6.06. The van der Waals surface area contributed by atoms with Crippen molar-refractivity contribution in [2.45, 2.75) is 0 Å². The Kier molecular flexibility index (Phi) is 7.34. The number of nitrogens with zero attached hydrogens (tertiary/aromatic N) is 5. The normalized spacial score (nSPS) is 13.0. The van der Waals surface area contributed by atoms with Crippen molar-refractivity contribution in [3.63, 3.8) is 0 Å². The number of carbonyl (C=O) groups is 1. The van der Waals surface area contributed by atoms with Gasteiger partial charge in [-0.2, -0.15) is 5.26 Å². The second-order valence-electron chi connectivity index (χ2n) is 8.50. The van der Waals surface area contributed by atoms with Gasteiger partial charge >= 0.3 is 0 Å². The number of para-hydroxylation sites is 1. The minimum atomic E-state index is -0.232. The molecule has 2 heterocycles. The van der Waals surface area contributed by atoms with E-state index < -0.39 is 0 Å². The summed E-state index contributed by atoms with van der Waals surface area (Å²) in [5.74, 6) is 0.255. The van der Waals surface area contributed by atoms with Gasteiger partial charge in [0.1, 0.15) is 6.54 Å². The Balaban J connectivity index is 1.28. The molecule has 0 atom stereocenters. The lowest BCUT2D eigenvalue weighted by molar-refractivity contribution is 0.0990. The molecule has 184 valence electrons. The molecule has 4 aromatic rings. The van der Waals surface area contributed by atoms with Crippen LogP contribution in [0, 0.1) is 11.3 Å². The summed E-state index contributed by atoms with van der Waals surface area (Å²) in [6.07, 6.45) is 1.70. The maximum Gasteiger partial charge on any atom is 0.259 e. The monoisotopic (exact) mass is 490 g/mol. The second kappa shape index (κ2) is 11.3. The number of nitriles is 1. The van der Waals surface area contributed by atoms with Crippen LogP contribution in [0.4, 0.5) is 23.0 Å². The predicted octanol–water partition coefficient (Wildman–Crippen LogP) is 4.89. The Bertz CT molecular complexity index is 1380. The Hall–Kier alpha value is -4.74. The number of nitrogens with one attached hydrogen (secondary N) is 1. The van der Waals surface area contributed by atoms with E-state index in [9.17, 15) is 10.1 Å². The Morgan fingerprint density at radius 1 is 0.973 bits per heavy atom. The Morgan fingerprint density at radius 2 is 1.70 bits per heavy atom. The molecule has 1 aliphatic rings. The minimum Gasteiger partial charge on any atom is -0.378 e. The smallest absolute Gasteiger partial charge is 0.259 e. The molecular formula is C29H26N6O2. The van der Waals surface area contributed by atoms with E-state index in [1.165, 1.54) is 10.6 Å². The predicted molar refractivity (Wildman–Crippen MR) is 144 cm³/mol. The molecule has 0 bridgehead atoms. The van der Waals surface area contributed by atoms with E-state index in [-0.39, 0.29) is 12.5 Å². The molecule has 37 heavy (non-hydrogen) atoms. The van der Waals surface area contributed by atoms with Crippen molar-refractivity contribution in [2.75, 3.05) is 48.0 Å². The molecule has 0 unspecified atom stereocenters. The van der Waals surface area contributed by atoms with Crippen molar-refractivity contribution >= 4 is 28.9 Å².